The summed E-state index contributed by atoms with van der Waals surface area (Å²) in [5.74, 6) is 0.109. The highest BCUT2D eigenvalue weighted by Crippen LogP contribution is 2.35. The van der Waals surface area contributed by atoms with Gasteiger partial charge >= 0.3 is 0 Å². The van der Waals surface area contributed by atoms with Crippen LogP contribution in [0.5, 0.6) is 11.5 Å². The molecule has 1 saturated heterocycles. The van der Waals surface area contributed by atoms with Gasteiger partial charge in [-0.15, -0.1) is 0 Å². The maximum absolute atomic E-state index is 12.5. The fourth-order valence-electron chi connectivity index (χ4n) is 3.60. The quantitative estimate of drug-likeness (QED) is 0.588. The normalized spacial score (nSPS) is 23.0. The summed E-state index contributed by atoms with van der Waals surface area (Å²) in [7, 11) is 1.55. The second-order valence-electron chi connectivity index (χ2n) is 6.82. The number of β-amino-alcohol motifs (C(OH)–C–C–N with tert-alkyl or cyclic N) is 1. The first-order valence-corrected chi connectivity index (χ1v) is 9.17. The number of carbonyl (C=O) groups is 2. The Balaban J connectivity index is 1.59. The van der Waals surface area contributed by atoms with Crippen molar-refractivity contribution in [3.63, 3.8) is 0 Å². The Hall–Kier alpha value is -2.60. The van der Waals surface area contributed by atoms with Crippen molar-refractivity contribution < 1.29 is 24.2 Å². The van der Waals surface area contributed by atoms with Crippen LogP contribution in [0.4, 0.5) is 0 Å². The van der Waals surface area contributed by atoms with Crippen molar-refractivity contribution >= 4 is 17.9 Å². The first-order chi connectivity index (χ1) is 13.0. The predicted octanol–water partition coefficient (Wildman–Crippen LogP) is 2.42. The molecule has 0 spiro atoms. The smallest absolute Gasteiger partial charge is 0.233 e. The average Bonchev–Trinajstić information content (AvgIpc) is 2.92. The molecule has 1 heterocycles. The highest BCUT2D eigenvalue weighted by atomic mass is 16.5. The van der Waals surface area contributed by atoms with Crippen LogP contribution in [0.3, 0.4) is 0 Å². The van der Waals surface area contributed by atoms with Gasteiger partial charge in [0.05, 0.1) is 25.5 Å². The van der Waals surface area contributed by atoms with Crippen molar-refractivity contribution in [1.29, 1.82) is 0 Å². The fourth-order valence-corrected chi connectivity index (χ4v) is 3.60. The number of allylic oxidation sites excluding steroid dienone is 3. The van der Waals surface area contributed by atoms with Gasteiger partial charge in [-0.05, 0) is 37.5 Å². The number of fused-ring (bicyclic) bond motifs is 1. The largest absolute Gasteiger partial charge is 0.493 e. The molecule has 0 saturated carbocycles. The summed E-state index contributed by atoms with van der Waals surface area (Å²) in [5, 5.41) is 10.3. The lowest BCUT2D eigenvalue weighted by atomic mass is 9.85. The van der Waals surface area contributed by atoms with Crippen molar-refractivity contribution in [3.8, 4) is 11.5 Å². The fraction of sp³-hybridized carbons (Fsp3) is 0.429. The number of ether oxygens (including phenoxy) is 2. The number of hydrogen-bond acceptors (Lipinski definition) is 5. The van der Waals surface area contributed by atoms with E-state index in [2.05, 4.69) is 0 Å². The van der Waals surface area contributed by atoms with Gasteiger partial charge in [0.25, 0.3) is 0 Å². The summed E-state index contributed by atoms with van der Waals surface area (Å²) < 4.78 is 11.0. The molecule has 0 radical (unpaired) electrons. The molecule has 1 aliphatic heterocycles. The molecule has 2 amide bonds. The summed E-state index contributed by atoms with van der Waals surface area (Å²) in [4.78, 5) is 26.1. The van der Waals surface area contributed by atoms with Crippen LogP contribution in [-0.4, -0.2) is 48.2 Å². The Labute approximate surface area is 159 Å². The van der Waals surface area contributed by atoms with Gasteiger partial charge in [-0.3, -0.25) is 14.5 Å². The summed E-state index contributed by atoms with van der Waals surface area (Å²) >= 11 is 0. The van der Waals surface area contributed by atoms with Gasteiger partial charge in [0.15, 0.2) is 11.5 Å². The average molecular weight is 371 g/mol. The van der Waals surface area contributed by atoms with Crippen LogP contribution in [0.2, 0.25) is 0 Å². The van der Waals surface area contributed by atoms with E-state index in [-0.39, 0.29) is 36.8 Å². The molecule has 6 nitrogen and oxygen atoms in total. The second kappa shape index (κ2) is 8.39. The number of likely N-dealkylation sites (tertiary alicyclic amines) is 1. The van der Waals surface area contributed by atoms with E-state index >= 15 is 0 Å². The zero-order chi connectivity index (χ0) is 19.4. The van der Waals surface area contributed by atoms with Crippen LogP contribution in [0.15, 0.2) is 36.4 Å². The molecule has 3 rings (SSSR count). The van der Waals surface area contributed by atoms with Crippen molar-refractivity contribution in [2.24, 2.45) is 11.8 Å². The number of carbonyl (C=O) groups excluding carboxylic acids is 2. The third-order valence-electron chi connectivity index (χ3n) is 4.97. The van der Waals surface area contributed by atoms with E-state index in [0.717, 1.165) is 5.56 Å². The molecule has 3 unspecified atom stereocenters. The summed E-state index contributed by atoms with van der Waals surface area (Å²) in [5.41, 5.74) is 0.978. The zero-order valence-electron chi connectivity index (χ0n) is 15.6. The maximum Gasteiger partial charge on any atom is 0.233 e. The van der Waals surface area contributed by atoms with Crippen LogP contribution in [0.1, 0.15) is 25.3 Å². The van der Waals surface area contributed by atoms with Gasteiger partial charge in [0, 0.05) is 0 Å². The Morgan fingerprint density at radius 2 is 1.85 bits per heavy atom. The monoisotopic (exact) mass is 371 g/mol. The second-order valence-corrected chi connectivity index (χ2v) is 6.82. The van der Waals surface area contributed by atoms with Gasteiger partial charge in [-0.2, -0.15) is 0 Å². The molecular formula is C21H25NO5. The van der Waals surface area contributed by atoms with Gasteiger partial charge in [-0.1, -0.05) is 30.4 Å². The number of rotatable bonds is 7. The van der Waals surface area contributed by atoms with Crippen molar-refractivity contribution in [1.82, 2.24) is 4.90 Å². The summed E-state index contributed by atoms with van der Waals surface area (Å²) in [6, 6.07) is 5.50. The van der Waals surface area contributed by atoms with E-state index in [1.54, 1.807) is 13.2 Å². The molecule has 2 aliphatic rings. The number of imide groups is 1. The Morgan fingerprint density at radius 1 is 1.19 bits per heavy atom. The lowest BCUT2D eigenvalue weighted by molar-refractivity contribution is -0.141. The van der Waals surface area contributed by atoms with Gasteiger partial charge in [-0.25, -0.2) is 0 Å². The maximum atomic E-state index is 12.5. The third kappa shape index (κ3) is 4.06. The number of benzene rings is 1. The van der Waals surface area contributed by atoms with E-state index in [4.69, 9.17) is 9.47 Å². The van der Waals surface area contributed by atoms with Crippen LogP contribution >= 0.6 is 0 Å². The predicted molar refractivity (Wildman–Crippen MR) is 101 cm³/mol. The van der Waals surface area contributed by atoms with Gasteiger partial charge in [0.2, 0.25) is 11.8 Å². The van der Waals surface area contributed by atoms with E-state index < -0.39 is 6.10 Å². The Bertz CT molecular complexity index is 744. The highest BCUT2D eigenvalue weighted by molar-refractivity contribution is 6.05. The van der Waals surface area contributed by atoms with Crippen LogP contribution in [0.25, 0.3) is 6.08 Å². The van der Waals surface area contributed by atoms with E-state index in [1.165, 1.54) is 4.90 Å². The minimum atomic E-state index is -0.967. The summed E-state index contributed by atoms with van der Waals surface area (Å²) in [6.45, 7) is 1.84. The minimum Gasteiger partial charge on any atom is -0.493 e. The van der Waals surface area contributed by atoms with E-state index in [1.807, 2.05) is 43.4 Å². The molecule has 1 N–H and O–H groups in total. The molecule has 1 fully saturated rings. The molecule has 1 aliphatic carbocycles. The number of hydrogen-bond donors (Lipinski definition) is 1. The molecule has 6 heteroatoms. The number of nitrogens with zero attached hydrogens (tertiary/aromatic N) is 1. The number of aliphatic hydroxyl groups is 1. The van der Waals surface area contributed by atoms with Crippen LogP contribution < -0.4 is 9.47 Å². The standard InChI is InChI=1S/C21H25NO5/c1-3-6-14-9-10-18(19(11-14)26-2)27-13-15(23)12-22-20(24)16-7-4-5-8-17(16)21(22)25/h3-6,9-11,15-17,23H,7-8,12-13H2,1-2H3. The molecule has 144 valence electrons. The van der Waals surface area contributed by atoms with Crippen molar-refractivity contribution in [2.45, 2.75) is 25.9 Å². The Morgan fingerprint density at radius 3 is 2.44 bits per heavy atom. The zero-order valence-corrected chi connectivity index (χ0v) is 15.6. The Kier molecular flexibility index (Phi) is 5.96. The molecule has 27 heavy (non-hydrogen) atoms. The number of methoxy groups -OCH3 is 1. The molecule has 3 atom stereocenters. The number of amides is 2. The molecule has 1 aromatic rings. The van der Waals surface area contributed by atoms with Crippen LogP contribution in [0, 0.1) is 11.8 Å². The van der Waals surface area contributed by atoms with Crippen molar-refractivity contribution in [2.75, 3.05) is 20.3 Å². The van der Waals surface area contributed by atoms with Gasteiger partial charge < -0.3 is 14.6 Å². The van der Waals surface area contributed by atoms with Crippen LogP contribution in [-0.2, 0) is 9.59 Å². The molecule has 0 bridgehead atoms. The minimum absolute atomic E-state index is 0.0377. The lowest BCUT2D eigenvalue weighted by Crippen LogP contribution is -2.40. The first kappa shape index (κ1) is 19.2. The highest BCUT2D eigenvalue weighted by Gasteiger charge is 2.47. The van der Waals surface area contributed by atoms with Crippen molar-refractivity contribution in [3.05, 3.63) is 42.0 Å². The SMILES string of the molecule is CC=Cc1ccc(OCC(O)CN2C(=O)C3CC=CCC3C2=O)c(OC)c1. The topological polar surface area (TPSA) is 76.1 Å². The third-order valence-corrected chi connectivity index (χ3v) is 4.97. The molecule has 0 aromatic heterocycles. The van der Waals surface area contributed by atoms with E-state index in [9.17, 15) is 14.7 Å². The first-order valence-electron chi connectivity index (χ1n) is 9.17. The number of aliphatic hydroxyl groups excluding tert-OH is 1. The van der Waals surface area contributed by atoms with E-state index in [0.29, 0.717) is 24.3 Å². The molecular weight excluding hydrogens is 346 g/mol. The molecule has 1 aromatic carbocycles. The van der Waals surface area contributed by atoms with Gasteiger partial charge in [0.1, 0.15) is 12.7 Å². The lowest BCUT2D eigenvalue weighted by Gasteiger charge is -2.20. The summed E-state index contributed by atoms with van der Waals surface area (Å²) in [6.07, 6.45) is 7.97.